The van der Waals surface area contributed by atoms with Gasteiger partial charge in [0.15, 0.2) is 0 Å². The van der Waals surface area contributed by atoms with Gasteiger partial charge in [0.25, 0.3) is 0 Å². The maximum atomic E-state index is 13.0. The summed E-state index contributed by atoms with van der Waals surface area (Å²) in [5.74, 6) is 3.16. The number of carbonyl (C=O) groups excluding carboxylic acids is 1. The highest BCUT2D eigenvalue weighted by atomic mass is 32.2. The van der Waals surface area contributed by atoms with Crippen LogP contribution in [0.15, 0.2) is 17.7 Å². The summed E-state index contributed by atoms with van der Waals surface area (Å²) in [4.78, 5) is 16.6. The number of unbranched alkanes of at least 4 members (excludes halogenated alkanes) is 2. The largest absolute Gasteiger partial charge is 0.483 e. The third-order valence-electron chi connectivity index (χ3n) is 7.73. The molecule has 0 aliphatic carbocycles. The topological polar surface area (TPSA) is 48.0 Å². The summed E-state index contributed by atoms with van der Waals surface area (Å²) in [6.45, 7) is 13.3. The van der Waals surface area contributed by atoms with Gasteiger partial charge in [-0.05, 0) is 75.3 Å². The van der Waals surface area contributed by atoms with Crippen LogP contribution in [-0.2, 0) is 16.0 Å². The molecule has 1 aromatic rings. The molecule has 36 heavy (non-hydrogen) atoms. The van der Waals surface area contributed by atoms with Crippen molar-refractivity contribution in [3.05, 3.63) is 28.8 Å². The Bertz CT molecular complexity index is 935. The first-order chi connectivity index (χ1) is 17.4. The van der Waals surface area contributed by atoms with Crippen molar-refractivity contribution < 1.29 is 19.0 Å². The molecule has 3 aliphatic rings. The molecule has 0 spiro atoms. The molecule has 3 aliphatic heterocycles. The first-order valence-corrected chi connectivity index (χ1v) is 15.1. The van der Waals surface area contributed by atoms with Crippen molar-refractivity contribution in [3.8, 4) is 11.5 Å². The third-order valence-corrected chi connectivity index (χ3v) is 8.87. The number of aryl methyl sites for hydroxylation is 1. The Morgan fingerprint density at radius 3 is 2.75 bits per heavy atom. The molecule has 0 radical (unpaired) electrons. The standard InChI is InChI=1S/C30H45NO4S/c1-5-6-7-9-22(2)11-12-23-20-25(34-27(32)10-8-14-31-15-17-33-18-16-31)28-26(21-23)35-30(3,4)24-13-19-36-29(24)28/h20-22H,5-19H2,1-4H3. The number of ether oxygens (including phenoxy) is 3. The molecule has 5 nitrogen and oxygen atoms in total. The number of morpholine rings is 1. The second-order valence-corrected chi connectivity index (χ2v) is 12.3. The highest BCUT2D eigenvalue weighted by molar-refractivity contribution is 8.08. The lowest BCUT2D eigenvalue weighted by Gasteiger charge is -2.35. The fourth-order valence-electron chi connectivity index (χ4n) is 5.51. The van der Waals surface area contributed by atoms with Crippen LogP contribution in [0.1, 0.15) is 90.2 Å². The molecule has 1 fully saturated rings. The number of fused-ring (bicyclic) bond motifs is 2. The lowest BCUT2D eigenvalue weighted by molar-refractivity contribution is -0.134. The van der Waals surface area contributed by atoms with Crippen LogP contribution in [0.25, 0.3) is 4.91 Å². The zero-order chi connectivity index (χ0) is 25.5. The van der Waals surface area contributed by atoms with Gasteiger partial charge in [0, 0.05) is 30.2 Å². The normalized spacial score (nSPS) is 20.0. The molecule has 1 aromatic carbocycles. The Hall–Kier alpha value is -1.50. The minimum atomic E-state index is -0.322. The van der Waals surface area contributed by atoms with E-state index in [4.69, 9.17) is 14.2 Å². The summed E-state index contributed by atoms with van der Waals surface area (Å²) in [5.41, 5.74) is 3.21. The van der Waals surface area contributed by atoms with E-state index in [1.54, 1.807) is 0 Å². The Labute approximate surface area is 222 Å². The van der Waals surface area contributed by atoms with Crippen molar-refractivity contribution in [3.63, 3.8) is 0 Å². The van der Waals surface area contributed by atoms with Gasteiger partial charge in [0.2, 0.25) is 0 Å². The molecule has 200 valence electrons. The van der Waals surface area contributed by atoms with Gasteiger partial charge in [0.05, 0.1) is 18.8 Å². The summed E-state index contributed by atoms with van der Waals surface area (Å²) >= 11 is 1.87. The Kier molecular flexibility index (Phi) is 9.82. The zero-order valence-electron chi connectivity index (χ0n) is 22.8. The molecular formula is C30H45NO4S. The van der Waals surface area contributed by atoms with Gasteiger partial charge in [-0.2, -0.15) is 0 Å². The van der Waals surface area contributed by atoms with Gasteiger partial charge < -0.3 is 14.2 Å². The number of rotatable bonds is 12. The fourth-order valence-corrected chi connectivity index (χ4v) is 6.89. The van der Waals surface area contributed by atoms with Gasteiger partial charge in [-0.1, -0.05) is 39.5 Å². The zero-order valence-corrected chi connectivity index (χ0v) is 23.6. The van der Waals surface area contributed by atoms with E-state index < -0.39 is 0 Å². The van der Waals surface area contributed by atoms with Gasteiger partial charge in [0.1, 0.15) is 17.1 Å². The highest BCUT2D eigenvalue weighted by Crippen LogP contribution is 2.54. The van der Waals surface area contributed by atoms with Crippen LogP contribution >= 0.6 is 11.8 Å². The number of benzene rings is 1. The summed E-state index contributed by atoms with van der Waals surface area (Å²) in [5, 5.41) is 0. The number of hydrogen-bond donors (Lipinski definition) is 0. The van der Waals surface area contributed by atoms with E-state index in [2.05, 4.69) is 44.7 Å². The lowest BCUT2D eigenvalue weighted by atomic mass is 9.89. The lowest BCUT2D eigenvalue weighted by Crippen LogP contribution is -2.37. The Balaban J connectivity index is 1.48. The molecular weight excluding hydrogens is 470 g/mol. The van der Waals surface area contributed by atoms with Crippen LogP contribution in [0.5, 0.6) is 11.5 Å². The number of nitrogens with zero attached hydrogens (tertiary/aromatic N) is 1. The van der Waals surface area contributed by atoms with Crippen LogP contribution in [0.4, 0.5) is 0 Å². The monoisotopic (exact) mass is 515 g/mol. The number of hydrogen-bond acceptors (Lipinski definition) is 6. The summed E-state index contributed by atoms with van der Waals surface area (Å²) in [6.07, 6.45) is 9.54. The quantitative estimate of drug-likeness (QED) is 0.172. The Morgan fingerprint density at radius 2 is 1.97 bits per heavy atom. The number of carbonyl (C=O) groups is 1. The molecule has 1 unspecified atom stereocenters. The molecule has 1 saturated heterocycles. The van der Waals surface area contributed by atoms with Crippen LogP contribution in [0.3, 0.4) is 0 Å². The van der Waals surface area contributed by atoms with E-state index >= 15 is 0 Å². The molecule has 0 aromatic heterocycles. The summed E-state index contributed by atoms with van der Waals surface area (Å²) in [6, 6.07) is 4.32. The highest BCUT2D eigenvalue weighted by Gasteiger charge is 2.39. The van der Waals surface area contributed by atoms with E-state index in [0.717, 1.165) is 75.6 Å². The van der Waals surface area contributed by atoms with Crippen molar-refractivity contribution in [1.82, 2.24) is 4.90 Å². The summed E-state index contributed by atoms with van der Waals surface area (Å²) < 4.78 is 18.1. The Morgan fingerprint density at radius 1 is 1.17 bits per heavy atom. The van der Waals surface area contributed by atoms with Crippen molar-refractivity contribution in [2.75, 3.05) is 38.6 Å². The van der Waals surface area contributed by atoms with Gasteiger partial charge in [-0.3, -0.25) is 9.69 Å². The molecule has 0 N–H and O–H groups in total. The van der Waals surface area contributed by atoms with Gasteiger partial charge in [-0.15, -0.1) is 11.8 Å². The number of thioether (sulfide) groups is 1. The van der Waals surface area contributed by atoms with Crippen LogP contribution in [0.2, 0.25) is 0 Å². The molecule has 3 heterocycles. The maximum absolute atomic E-state index is 13.0. The van der Waals surface area contributed by atoms with Crippen molar-refractivity contribution in [2.45, 2.75) is 91.1 Å². The van der Waals surface area contributed by atoms with Crippen molar-refractivity contribution in [1.29, 1.82) is 0 Å². The van der Waals surface area contributed by atoms with Crippen LogP contribution < -0.4 is 9.47 Å². The van der Waals surface area contributed by atoms with Crippen LogP contribution in [-0.4, -0.2) is 55.1 Å². The molecule has 6 heteroatoms. The maximum Gasteiger partial charge on any atom is 0.311 e. The van der Waals surface area contributed by atoms with E-state index in [1.165, 1.54) is 41.7 Å². The van der Waals surface area contributed by atoms with Crippen molar-refractivity contribution >= 4 is 22.6 Å². The van der Waals surface area contributed by atoms with Crippen molar-refractivity contribution in [2.24, 2.45) is 5.92 Å². The second kappa shape index (κ2) is 12.8. The van der Waals surface area contributed by atoms with Gasteiger partial charge in [-0.25, -0.2) is 0 Å². The predicted molar refractivity (Wildman–Crippen MR) is 149 cm³/mol. The first kappa shape index (κ1) is 27.5. The SMILES string of the molecule is CCCCCC(C)CCc1cc(OC(=O)CCCN2CCOCC2)c2c(c1)OC(C)(C)C1=C2SCC1. The minimum Gasteiger partial charge on any atom is -0.483 e. The average molecular weight is 516 g/mol. The van der Waals surface area contributed by atoms with Crippen LogP contribution in [0, 0.1) is 5.92 Å². The second-order valence-electron chi connectivity index (χ2n) is 11.2. The molecule has 0 bridgehead atoms. The predicted octanol–water partition coefficient (Wildman–Crippen LogP) is 6.87. The fraction of sp³-hybridized carbons (Fsp3) is 0.700. The summed E-state index contributed by atoms with van der Waals surface area (Å²) in [7, 11) is 0. The number of esters is 1. The van der Waals surface area contributed by atoms with E-state index in [0.29, 0.717) is 18.1 Å². The third kappa shape index (κ3) is 7.08. The smallest absolute Gasteiger partial charge is 0.311 e. The first-order valence-electron chi connectivity index (χ1n) is 14.1. The molecule has 0 saturated carbocycles. The molecule has 1 atom stereocenters. The molecule has 0 amide bonds. The van der Waals surface area contributed by atoms with E-state index in [1.807, 2.05) is 11.8 Å². The van der Waals surface area contributed by atoms with Gasteiger partial charge >= 0.3 is 5.97 Å². The molecule has 4 rings (SSSR count). The van der Waals surface area contributed by atoms with E-state index in [-0.39, 0.29) is 11.6 Å². The minimum absolute atomic E-state index is 0.148. The average Bonchev–Trinajstić information content (AvgIpc) is 3.34. The van der Waals surface area contributed by atoms with E-state index in [9.17, 15) is 4.79 Å².